The molecule has 2 amide bonds. The Kier molecular flexibility index (Phi) is 5.21. The fourth-order valence-electron chi connectivity index (χ4n) is 2.29. The summed E-state index contributed by atoms with van der Waals surface area (Å²) in [6.07, 6.45) is 5.90. The molecule has 0 unspecified atom stereocenters. The number of hydrogen-bond donors (Lipinski definition) is 3. The van der Waals surface area contributed by atoms with E-state index in [2.05, 4.69) is 10.6 Å². The second kappa shape index (κ2) is 6.94. The Morgan fingerprint density at radius 2 is 2.14 bits per heavy atom. The van der Waals surface area contributed by atoms with Crippen LogP contribution in [-0.4, -0.2) is 29.1 Å². The van der Waals surface area contributed by atoms with Gasteiger partial charge in [0.1, 0.15) is 5.60 Å². The zero-order valence-electron chi connectivity index (χ0n) is 12.4. The topological polar surface area (TPSA) is 78.4 Å². The zero-order valence-corrected chi connectivity index (χ0v) is 13.1. The van der Waals surface area contributed by atoms with Crippen LogP contribution in [0.25, 0.3) is 0 Å². The summed E-state index contributed by atoms with van der Waals surface area (Å²) in [6.45, 7) is 1.77. The van der Waals surface area contributed by atoms with Crippen molar-refractivity contribution in [2.24, 2.45) is 0 Å². The molecule has 118 valence electrons. The van der Waals surface area contributed by atoms with Gasteiger partial charge in [-0.25, -0.2) is 0 Å². The van der Waals surface area contributed by atoms with E-state index in [9.17, 15) is 14.7 Å². The molecule has 0 fully saturated rings. The summed E-state index contributed by atoms with van der Waals surface area (Å²) in [7, 11) is 0. The molecule has 0 aliphatic heterocycles. The number of benzene rings is 1. The highest BCUT2D eigenvalue weighted by molar-refractivity contribution is 6.40. The number of aliphatic hydroxyl groups is 1. The van der Waals surface area contributed by atoms with Crippen molar-refractivity contribution in [3.63, 3.8) is 0 Å². The van der Waals surface area contributed by atoms with Gasteiger partial charge in [0.2, 0.25) is 0 Å². The molecule has 1 aliphatic rings. The quantitative estimate of drug-likeness (QED) is 0.589. The van der Waals surface area contributed by atoms with Crippen LogP contribution in [0.15, 0.2) is 30.4 Å². The molecule has 0 heterocycles. The molecule has 1 atom stereocenters. The fraction of sp³-hybridized carbons (Fsp3) is 0.375. The van der Waals surface area contributed by atoms with Crippen LogP contribution in [0.5, 0.6) is 0 Å². The van der Waals surface area contributed by atoms with Gasteiger partial charge in [0.05, 0.1) is 6.54 Å². The van der Waals surface area contributed by atoms with E-state index < -0.39 is 17.4 Å². The molecule has 0 bridgehead atoms. The van der Waals surface area contributed by atoms with Crippen molar-refractivity contribution in [2.75, 3.05) is 11.9 Å². The number of carbonyl (C=O) groups is 2. The standard InChI is InChI=1S/C16H19ClN2O3/c1-11-12(17)6-5-7-13(11)19-15(21)14(20)18-10-16(22)8-3-2-4-9-16/h3,5-8,22H,2,4,9-10H2,1H3,(H,18,20)(H,19,21)/t16-/m0/s1. The molecule has 3 N–H and O–H groups in total. The smallest absolute Gasteiger partial charge is 0.313 e. The lowest BCUT2D eigenvalue weighted by molar-refractivity contribution is -0.136. The van der Waals surface area contributed by atoms with Crippen LogP contribution in [0.2, 0.25) is 5.02 Å². The van der Waals surface area contributed by atoms with Crippen LogP contribution in [0.3, 0.4) is 0 Å². The molecule has 0 aromatic heterocycles. The highest BCUT2D eigenvalue weighted by Crippen LogP contribution is 2.23. The summed E-state index contributed by atoms with van der Waals surface area (Å²) >= 11 is 5.97. The van der Waals surface area contributed by atoms with E-state index in [0.29, 0.717) is 22.7 Å². The Balaban J connectivity index is 1.92. The van der Waals surface area contributed by atoms with Gasteiger partial charge in [0.25, 0.3) is 0 Å². The van der Waals surface area contributed by atoms with Gasteiger partial charge in [-0.05, 0) is 43.9 Å². The Bertz CT molecular complexity index is 615. The van der Waals surface area contributed by atoms with Crippen molar-refractivity contribution in [1.29, 1.82) is 0 Å². The van der Waals surface area contributed by atoms with Crippen LogP contribution >= 0.6 is 11.6 Å². The van der Waals surface area contributed by atoms with Gasteiger partial charge in [0.15, 0.2) is 0 Å². The van der Waals surface area contributed by atoms with Gasteiger partial charge in [-0.3, -0.25) is 9.59 Å². The van der Waals surface area contributed by atoms with Crippen LogP contribution in [0.4, 0.5) is 5.69 Å². The first-order valence-electron chi connectivity index (χ1n) is 7.16. The van der Waals surface area contributed by atoms with E-state index in [1.165, 1.54) is 0 Å². The second-order valence-electron chi connectivity index (χ2n) is 5.45. The molecule has 5 nitrogen and oxygen atoms in total. The third kappa shape index (κ3) is 4.08. The van der Waals surface area contributed by atoms with Gasteiger partial charge in [0, 0.05) is 10.7 Å². The molecule has 1 aliphatic carbocycles. The number of nitrogens with one attached hydrogen (secondary N) is 2. The lowest BCUT2D eigenvalue weighted by Crippen LogP contribution is -2.45. The van der Waals surface area contributed by atoms with E-state index in [1.807, 2.05) is 6.08 Å². The van der Waals surface area contributed by atoms with Gasteiger partial charge in [-0.1, -0.05) is 29.8 Å². The van der Waals surface area contributed by atoms with Crippen molar-refractivity contribution in [3.8, 4) is 0 Å². The second-order valence-corrected chi connectivity index (χ2v) is 5.85. The zero-order chi connectivity index (χ0) is 16.2. The molecule has 6 heteroatoms. The molecular weight excluding hydrogens is 304 g/mol. The molecule has 1 aromatic carbocycles. The minimum Gasteiger partial charge on any atom is -0.384 e. The summed E-state index contributed by atoms with van der Waals surface area (Å²) in [5.41, 5.74) is 0.114. The van der Waals surface area contributed by atoms with Gasteiger partial charge in [-0.15, -0.1) is 0 Å². The predicted octanol–water partition coefficient (Wildman–Crippen LogP) is 2.17. The van der Waals surface area contributed by atoms with Crippen molar-refractivity contribution < 1.29 is 14.7 Å². The summed E-state index contributed by atoms with van der Waals surface area (Å²) < 4.78 is 0. The van der Waals surface area contributed by atoms with Gasteiger partial charge < -0.3 is 15.7 Å². The van der Waals surface area contributed by atoms with E-state index in [1.54, 1.807) is 31.2 Å². The first-order chi connectivity index (χ1) is 10.4. The number of anilines is 1. The highest BCUT2D eigenvalue weighted by atomic mass is 35.5. The summed E-state index contributed by atoms with van der Waals surface area (Å²) in [5, 5.41) is 15.7. The predicted molar refractivity (Wildman–Crippen MR) is 85.8 cm³/mol. The SMILES string of the molecule is Cc1c(Cl)cccc1NC(=O)C(=O)NC[C@]1(O)C=CCCC1. The van der Waals surface area contributed by atoms with Crippen LogP contribution in [0, 0.1) is 6.92 Å². The number of halogens is 1. The Labute approximate surface area is 134 Å². The minimum atomic E-state index is -1.07. The highest BCUT2D eigenvalue weighted by Gasteiger charge is 2.27. The largest absolute Gasteiger partial charge is 0.384 e. The normalized spacial score (nSPS) is 20.5. The molecule has 0 saturated heterocycles. The molecule has 22 heavy (non-hydrogen) atoms. The van der Waals surface area contributed by atoms with Crippen molar-refractivity contribution in [3.05, 3.63) is 40.9 Å². The van der Waals surface area contributed by atoms with Crippen molar-refractivity contribution in [1.82, 2.24) is 5.32 Å². The summed E-state index contributed by atoms with van der Waals surface area (Å²) in [4.78, 5) is 23.7. The average Bonchev–Trinajstić information content (AvgIpc) is 2.50. The molecule has 0 radical (unpaired) electrons. The molecule has 1 aromatic rings. The van der Waals surface area contributed by atoms with Crippen LogP contribution < -0.4 is 10.6 Å². The number of carbonyl (C=O) groups excluding carboxylic acids is 2. The minimum absolute atomic E-state index is 0.0181. The molecule has 2 rings (SSSR count). The number of amides is 2. The maximum Gasteiger partial charge on any atom is 0.313 e. The van der Waals surface area contributed by atoms with Crippen LogP contribution in [-0.2, 0) is 9.59 Å². The van der Waals surface area contributed by atoms with Crippen molar-refractivity contribution in [2.45, 2.75) is 31.8 Å². The average molecular weight is 323 g/mol. The van der Waals surface area contributed by atoms with Crippen LogP contribution in [0.1, 0.15) is 24.8 Å². The third-order valence-electron chi connectivity index (χ3n) is 3.69. The lowest BCUT2D eigenvalue weighted by atomic mass is 9.91. The molecule has 0 saturated carbocycles. The van der Waals surface area contributed by atoms with E-state index >= 15 is 0 Å². The van der Waals surface area contributed by atoms with E-state index in [-0.39, 0.29) is 6.54 Å². The monoisotopic (exact) mass is 322 g/mol. The maximum absolute atomic E-state index is 11.9. The van der Waals surface area contributed by atoms with Crippen molar-refractivity contribution >= 4 is 29.1 Å². The number of hydrogen-bond acceptors (Lipinski definition) is 3. The fourth-order valence-corrected chi connectivity index (χ4v) is 2.47. The molecule has 0 spiro atoms. The molecular formula is C16H19ClN2O3. The number of rotatable bonds is 3. The first-order valence-corrected chi connectivity index (χ1v) is 7.53. The third-order valence-corrected chi connectivity index (χ3v) is 4.10. The van der Waals surface area contributed by atoms with E-state index in [0.717, 1.165) is 12.8 Å². The Morgan fingerprint density at radius 3 is 2.82 bits per heavy atom. The van der Waals surface area contributed by atoms with Gasteiger partial charge >= 0.3 is 11.8 Å². The lowest BCUT2D eigenvalue weighted by Gasteiger charge is -2.27. The maximum atomic E-state index is 11.9. The Morgan fingerprint density at radius 1 is 1.36 bits per heavy atom. The summed E-state index contributed by atoms with van der Waals surface area (Å²) in [6, 6.07) is 5.07. The Hall–Kier alpha value is -1.85. The summed E-state index contributed by atoms with van der Waals surface area (Å²) in [5.74, 6) is -1.57. The van der Waals surface area contributed by atoms with E-state index in [4.69, 9.17) is 11.6 Å². The number of allylic oxidation sites excluding steroid dienone is 1. The first kappa shape index (κ1) is 16.5. The van der Waals surface area contributed by atoms with Gasteiger partial charge in [-0.2, -0.15) is 0 Å².